The van der Waals surface area contributed by atoms with E-state index in [0.717, 1.165) is 31.4 Å². The highest BCUT2D eigenvalue weighted by molar-refractivity contribution is 5.38. The lowest BCUT2D eigenvalue weighted by Crippen LogP contribution is -2.25. The average Bonchev–Trinajstić information content (AvgIpc) is 2.28. The van der Waals surface area contributed by atoms with Crippen LogP contribution in [-0.4, -0.2) is 36.6 Å². The molecule has 3 nitrogen and oxygen atoms in total. The van der Waals surface area contributed by atoms with Crippen LogP contribution in [0.5, 0.6) is 0 Å². The van der Waals surface area contributed by atoms with E-state index in [1.54, 1.807) is 0 Å². The van der Waals surface area contributed by atoms with Crippen molar-refractivity contribution in [3.05, 3.63) is 23.9 Å². The monoisotopic (exact) mass is 247 g/mol. The first-order valence-corrected chi connectivity index (χ1v) is 5.39. The van der Waals surface area contributed by atoms with Gasteiger partial charge in [0.15, 0.2) is 0 Å². The summed E-state index contributed by atoms with van der Waals surface area (Å²) in [4.78, 5) is 5.90. The molecular formula is C11H16F3N3. The summed E-state index contributed by atoms with van der Waals surface area (Å²) < 4.78 is 37.2. The van der Waals surface area contributed by atoms with Crippen molar-refractivity contribution >= 4 is 5.82 Å². The Labute approximate surface area is 98.6 Å². The van der Waals surface area contributed by atoms with Gasteiger partial charge >= 0.3 is 6.18 Å². The highest BCUT2D eigenvalue weighted by atomic mass is 19.4. The normalized spacial score (nSPS) is 11.9. The van der Waals surface area contributed by atoms with Crippen LogP contribution in [0.2, 0.25) is 0 Å². The van der Waals surface area contributed by atoms with Crippen LogP contribution in [0.15, 0.2) is 18.3 Å². The maximum Gasteiger partial charge on any atom is 0.416 e. The molecule has 0 unspecified atom stereocenters. The zero-order valence-corrected chi connectivity index (χ0v) is 9.88. The van der Waals surface area contributed by atoms with Gasteiger partial charge in [0, 0.05) is 19.3 Å². The molecule has 0 aliphatic heterocycles. The number of aromatic nitrogens is 1. The van der Waals surface area contributed by atoms with E-state index in [9.17, 15) is 13.2 Å². The first kappa shape index (κ1) is 13.8. The van der Waals surface area contributed by atoms with Gasteiger partial charge < -0.3 is 10.2 Å². The van der Waals surface area contributed by atoms with Crippen LogP contribution in [-0.2, 0) is 6.18 Å². The van der Waals surface area contributed by atoms with Gasteiger partial charge in [0.05, 0.1) is 5.56 Å². The minimum absolute atomic E-state index is 0.254. The topological polar surface area (TPSA) is 28.2 Å². The highest BCUT2D eigenvalue weighted by Gasteiger charge is 2.30. The van der Waals surface area contributed by atoms with Crippen LogP contribution in [0, 0.1) is 0 Å². The summed E-state index contributed by atoms with van der Waals surface area (Å²) in [7, 11) is 1.95. The number of nitrogens with zero attached hydrogens (tertiary/aromatic N) is 2. The first-order valence-electron chi connectivity index (χ1n) is 5.39. The Morgan fingerprint density at radius 1 is 1.41 bits per heavy atom. The number of hydrogen-bond donors (Lipinski definition) is 1. The SMILES string of the molecule is CCN(C)CCNc1cc(C(F)(F)F)ccn1. The van der Waals surface area contributed by atoms with Crippen molar-refractivity contribution < 1.29 is 13.2 Å². The second-order valence-electron chi connectivity index (χ2n) is 3.75. The Balaban J connectivity index is 2.55. The second kappa shape index (κ2) is 5.86. The largest absolute Gasteiger partial charge is 0.416 e. The molecule has 0 aliphatic rings. The molecule has 0 bridgehead atoms. The molecule has 96 valence electrons. The van der Waals surface area contributed by atoms with Gasteiger partial charge in [-0.15, -0.1) is 0 Å². The Hall–Kier alpha value is -1.30. The molecule has 1 aromatic rings. The number of pyridine rings is 1. The minimum atomic E-state index is -4.32. The van der Waals surface area contributed by atoms with Gasteiger partial charge in [-0.1, -0.05) is 6.92 Å². The lowest BCUT2D eigenvalue weighted by molar-refractivity contribution is -0.137. The van der Waals surface area contributed by atoms with E-state index in [-0.39, 0.29) is 5.82 Å². The maximum absolute atomic E-state index is 12.4. The predicted molar refractivity (Wildman–Crippen MR) is 60.9 cm³/mol. The van der Waals surface area contributed by atoms with E-state index in [0.29, 0.717) is 6.54 Å². The van der Waals surface area contributed by atoms with Crippen molar-refractivity contribution in [2.24, 2.45) is 0 Å². The van der Waals surface area contributed by atoms with Crippen molar-refractivity contribution in [1.82, 2.24) is 9.88 Å². The molecule has 0 aliphatic carbocycles. The number of rotatable bonds is 5. The first-order chi connectivity index (χ1) is 7.93. The van der Waals surface area contributed by atoms with Gasteiger partial charge in [0.25, 0.3) is 0 Å². The molecule has 1 heterocycles. The third-order valence-electron chi connectivity index (χ3n) is 2.43. The van der Waals surface area contributed by atoms with Crippen molar-refractivity contribution in [2.45, 2.75) is 13.1 Å². The summed E-state index contributed by atoms with van der Waals surface area (Å²) in [6.45, 7) is 4.24. The molecule has 6 heteroatoms. The molecule has 1 aromatic heterocycles. The summed E-state index contributed by atoms with van der Waals surface area (Å²) in [5.74, 6) is 0.254. The summed E-state index contributed by atoms with van der Waals surface area (Å²) in [5, 5.41) is 2.87. The van der Waals surface area contributed by atoms with Gasteiger partial charge in [-0.3, -0.25) is 0 Å². The van der Waals surface area contributed by atoms with Crippen LogP contribution in [0.1, 0.15) is 12.5 Å². The van der Waals surface area contributed by atoms with E-state index in [1.807, 2.05) is 14.0 Å². The van der Waals surface area contributed by atoms with E-state index in [1.165, 1.54) is 0 Å². The molecule has 1 N–H and O–H groups in total. The summed E-state index contributed by atoms with van der Waals surface area (Å²) in [6, 6.07) is 1.98. The smallest absolute Gasteiger partial charge is 0.369 e. The van der Waals surface area contributed by atoms with Crippen LogP contribution >= 0.6 is 0 Å². The fourth-order valence-corrected chi connectivity index (χ4v) is 1.24. The van der Waals surface area contributed by atoms with Gasteiger partial charge in [-0.2, -0.15) is 13.2 Å². The van der Waals surface area contributed by atoms with Crippen LogP contribution in [0.4, 0.5) is 19.0 Å². The van der Waals surface area contributed by atoms with Crippen molar-refractivity contribution in [2.75, 3.05) is 32.0 Å². The zero-order chi connectivity index (χ0) is 12.9. The molecule has 0 atom stereocenters. The zero-order valence-electron chi connectivity index (χ0n) is 9.88. The maximum atomic E-state index is 12.4. The Morgan fingerprint density at radius 2 is 2.12 bits per heavy atom. The molecule has 0 fully saturated rings. The van der Waals surface area contributed by atoms with E-state index in [2.05, 4.69) is 15.2 Å². The van der Waals surface area contributed by atoms with Crippen molar-refractivity contribution in [3.63, 3.8) is 0 Å². The Kier molecular flexibility index (Phi) is 4.74. The number of nitrogens with one attached hydrogen (secondary N) is 1. The average molecular weight is 247 g/mol. The number of likely N-dealkylation sites (N-methyl/N-ethyl adjacent to an activating group) is 1. The van der Waals surface area contributed by atoms with E-state index < -0.39 is 11.7 Å². The van der Waals surface area contributed by atoms with Gasteiger partial charge in [-0.05, 0) is 25.7 Å². The molecule has 1 rings (SSSR count). The standard InChI is InChI=1S/C11H16F3N3/c1-3-17(2)7-6-16-10-8-9(4-5-15-10)11(12,13)14/h4-5,8H,3,6-7H2,1-2H3,(H,15,16). The summed E-state index contributed by atoms with van der Waals surface area (Å²) >= 11 is 0. The van der Waals surface area contributed by atoms with E-state index >= 15 is 0 Å². The van der Waals surface area contributed by atoms with Crippen molar-refractivity contribution in [1.29, 1.82) is 0 Å². The molecule has 0 radical (unpaired) electrons. The van der Waals surface area contributed by atoms with Gasteiger partial charge in [0.2, 0.25) is 0 Å². The molecule has 0 aromatic carbocycles. The molecule has 17 heavy (non-hydrogen) atoms. The van der Waals surface area contributed by atoms with Crippen LogP contribution in [0.25, 0.3) is 0 Å². The Morgan fingerprint density at radius 3 is 2.71 bits per heavy atom. The molecule has 0 saturated heterocycles. The molecule has 0 spiro atoms. The third-order valence-corrected chi connectivity index (χ3v) is 2.43. The quantitative estimate of drug-likeness (QED) is 0.866. The molecule has 0 saturated carbocycles. The van der Waals surface area contributed by atoms with Crippen LogP contribution < -0.4 is 5.32 Å². The highest BCUT2D eigenvalue weighted by Crippen LogP contribution is 2.29. The fraction of sp³-hybridized carbons (Fsp3) is 0.545. The predicted octanol–water partition coefficient (Wildman–Crippen LogP) is 2.46. The number of halogens is 3. The summed E-state index contributed by atoms with van der Waals surface area (Å²) in [5.41, 5.74) is -0.682. The van der Waals surface area contributed by atoms with Gasteiger partial charge in [-0.25, -0.2) is 4.98 Å². The fourth-order valence-electron chi connectivity index (χ4n) is 1.24. The van der Waals surface area contributed by atoms with E-state index in [4.69, 9.17) is 0 Å². The number of anilines is 1. The lowest BCUT2D eigenvalue weighted by Gasteiger charge is -2.14. The number of hydrogen-bond acceptors (Lipinski definition) is 3. The summed E-state index contributed by atoms with van der Waals surface area (Å²) in [6.07, 6.45) is -3.16. The minimum Gasteiger partial charge on any atom is -0.369 e. The third kappa shape index (κ3) is 4.60. The number of alkyl halides is 3. The molecular weight excluding hydrogens is 231 g/mol. The van der Waals surface area contributed by atoms with Crippen molar-refractivity contribution in [3.8, 4) is 0 Å². The van der Waals surface area contributed by atoms with Crippen LogP contribution in [0.3, 0.4) is 0 Å². The van der Waals surface area contributed by atoms with Gasteiger partial charge in [0.1, 0.15) is 5.82 Å². The Bertz CT molecular complexity index is 352. The lowest BCUT2D eigenvalue weighted by atomic mass is 10.2. The molecule has 0 amide bonds. The second-order valence-corrected chi connectivity index (χ2v) is 3.75.